The quantitative estimate of drug-likeness (QED) is 0.796. The van der Waals surface area contributed by atoms with Crippen LogP contribution >= 0.6 is 15.9 Å². The first-order valence-electron chi connectivity index (χ1n) is 4.26. The maximum Gasteiger partial charge on any atom is 0.0844 e. The molecule has 0 saturated heterocycles. The van der Waals surface area contributed by atoms with E-state index in [1.54, 1.807) is 6.20 Å². The van der Waals surface area contributed by atoms with Gasteiger partial charge in [0.05, 0.1) is 5.52 Å². The van der Waals surface area contributed by atoms with Crippen LogP contribution in [0.4, 0.5) is 0 Å². The van der Waals surface area contributed by atoms with Crippen LogP contribution in [-0.4, -0.2) is 13.7 Å². The van der Waals surface area contributed by atoms with Crippen LogP contribution in [0, 0.1) is 0 Å². The molecule has 0 radical (unpaired) electrons. The first-order valence-corrected chi connectivity index (χ1v) is 6.29. The average molecular weight is 285 g/mol. The van der Waals surface area contributed by atoms with Crippen molar-refractivity contribution in [1.29, 1.82) is 0 Å². The zero-order valence-electron chi connectivity index (χ0n) is 7.64. The standard InChI is InChI=1S/C10H8BrNO2S/c11-9-3-1-2-8-4-7(6-15(13)14)5-12-10(8)9/h1-5H,6H2,(H,13,14)/p-1. The highest BCUT2D eigenvalue weighted by molar-refractivity contribution is 9.10. The Labute approximate surface area is 97.9 Å². The maximum absolute atomic E-state index is 10.5. The molecule has 0 aliphatic rings. The van der Waals surface area contributed by atoms with Gasteiger partial charge >= 0.3 is 0 Å². The Kier molecular flexibility index (Phi) is 3.14. The summed E-state index contributed by atoms with van der Waals surface area (Å²) in [4.78, 5) is 4.21. The Morgan fingerprint density at radius 2 is 2.27 bits per heavy atom. The van der Waals surface area contributed by atoms with Crippen LogP contribution in [0.3, 0.4) is 0 Å². The van der Waals surface area contributed by atoms with E-state index in [-0.39, 0.29) is 5.75 Å². The van der Waals surface area contributed by atoms with E-state index in [4.69, 9.17) is 0 Å². The summed E-state index contributed by atoms with van der Waals surface area (Å²) in [7, 11) is 0. The normalized spacial score (nSPS) is 12.9. The van der Waals surface area contributed by atoms with Gasteiger partial charge in [-0.1, -0.05) is 23.2 Å². The highest BCUT2D eigenvalue weighted by Gasteiger charge is 2.01. The Morgan fingerprint density at radius 1 is 1.47 bits per heavy atom. The van der Waals surface area contributed by atoms with Crippen LogP contribution in [0.15, 0.2) is 34.9 Å². The second kappa shape index (κ2) is 4.38. The van der Waals surface area contributed by atoms with Gasteiger partial charge in [-0.3, -0.25) is 9.19 Å². The van der Waals surface area contributed by atoms with Gasteiger partial charge in [-0.2, -0.15) is 0 Å². The van der Waals surface area contributed by atoms with Crippen molar-refractivity contribution < 1.29 is 8.76 Å². The molecule has 0 saturated carbocycles. The number of hydrogen-bond donors (Lipinski definition) is 0. The van der Waals surface area contributed by atoms with Crippen molar-refractivity contribution in [3.05, 3.63) is 40.5 Å². The van der Waals surface area contributed by atoms with Gasteiger partial charge in [-0.25, -0.2) is 0 Å². The fourth-order valence-electron chi connectivity index (χ4n) is 1.38. The Morgan fingerprint density at radius 3 is 3.00 bits per heavy atom. The molecule has 0 spiro atoms. The minimum Gasteiger partial charge on any atom is -0.772 e. The van der Waals surface area contributed by atoms with Gasteiger partial charge in [0.25, 0.3) is 0 Å². The number of fused-ring (bicyclic) bond motifs is 1. The zero-order chi connectivity index (χ0) is 10.8. The molecule has 0 fully saturated rings. The smallest absolute Gasteiger partial charge is 0.0844 e. The van der Waals surface area contributed by atoms with E-state index < -0.39 is 11.1 Å². The minimum absolute atomic E-state index is 0.00938. The van der Waals surface area contributed by atoms with E-state index in [0.717, 1.165) is 15.4 Å². The van der Waals surface area contributed by atoms with Crippen molar-refractivity contribution in [1.82, 2.24) is 4.98 Å². The monoisotopic (exact) mass is 284 g/mol. The first-order chi connectivity index (χ1) is 7.16. The Bertz CT molecular complexity index is 530. The van der Waals surface area contributed by atoms with Crippen molar-refractivity contribution in [3.63, 3.8) is 0 Å². The van der Waals surface area contributed by atoms with Gasteiger partial charge in [0, 0.05) is 21.8 Å². The molecule has 1 aromatic heterocycles. The molecule has 1 heterocycles. The van der Waals surface area contributed by atoms with E-state index in [1.165, 1.54) is 0 Å². The predicted molar refractivity (Wildman–Crippen MR) is 62.1 cm³/mol. The third-order valence-electron chi connectivity index (χ3n) is 2.00. The molecular weight excluding hydrogens is 278 g/mol. The molecule has 1 atom stereocenters. The van der Waals surface area contributed by atoms with Crippen molar-refractivity contribution >= 4 is 37.9 Å². The van der Waals surface area contributed by atoms with Crippen LogP contribution in [0.25, 0.3) is 10.9 Å². The van der Waals surface area contributed by atoms with Crippen molar-refractivity contribution in [2.45, 2.75) is 5.75 Å². The molecule has 3 nitrogen and oxygen atoms in total. The van der Waals surface area contributed by atoms with E-state index in [9.17, 15) is 8.76 Å². The van der Waals surface area contributed by atoms with Gasteiger partial charge in [0.15, 0.2) is 0 Å². The van der Waals surface area contributed by atoms with E-state index in [1.807, 2.05) is 24.3 Å². The topological polar surface area (TPSA) is 53.0 Å². The molecule has 5 heteroatoms. The number of aromatic nitrogens is 1. The first kappa shape index (κ1) is 10.7. The molecule has 0 aliphatic carbocycles. The maximum atomic E-state index is 10.5. The van der Waals surface area contributed by atoms with Crippen LogP contribution in [0.1, 0.15) is 5.56 Å². The predicted octanol–water partition coefficient (Wildman–Crippen LogP) is 2.38. The molecule has 2 aromatic rings. The number of nitrogens with zero attached hydrogens (tertiary/aromatic N) is 1. The summed E-state index contributed by atoms with van der Waals surface area (Å²) in [5, 5.41) is 0.937. The second-order valence-electron chi connectivity index (χ2n) is 3.10. The lowest BCUT2D eigenvalue weighted by Crippen LogP contribution is -1.94. The molecule has 0 amide bonds. The fraction of sp³-hybridized carbons (Fsp3) is 0.100. The molecule has 1 unspecified atom stereocenters. The van der Waals surface area contributed by atoms with Crippen molar-refractivity contribution in [2.75, 3.05) is 0 Å². The number of hydrogen-bond acceptors (Lipinski definition) is 3. The summed E-state index contributed by atoms with van der Waals surface area (Å²) in [6.07, 6.45) is 1.59. The number of rotatable bonds is 2. The molecule has 2 rings (SSSR count). The molecule has 78 valence electrons. The fourth-order valence-corrected chi connectivity index (χ4v) is 2.30. The summed E-state index contributed by atoms with van der Waals surface area (Å²) in [5.74, 6) is 0.00938. The van der Waals surface area contributed by atoms with Crippen molar-refractivity contribution in [2.24, 2.45) is 0 Å². The van der Waals surface area contributed by atoms with Gasteiger partial charge in [-0.15, -0.1) is 0 Å². The van der Waals surface area contributed by atoms with Crippen LogP contribution < -0.4 is 0 Å². The lowest BCUT2D eigenvalue weighted by atomic mass is 10.2. The van der Waals surface area contributed by atoms with Gasteiger partial charge in [0.1, 0.15) is 0 Å². The number of para-hydroxylation sites is 1. The molecule has 0 N–H and O–H groups in total. The van der Waals surface area contributed by atoms with Crippen LogP contribution in [-0.2, 0) is 16.8 Å². The SMILES string of the molecule is O=S([O-])Cc1cnc2c(Br)cccc2c1. The molecular formula is C10H7BrNO2S-. The van der Waals surface area contributed by atoms with E-state index >= 15 is 0 Å². The minimum atomic E-state index is -2.07. The third kappa shape index (κ3) is 2.42. The number of pyridine rings is 1. The van der Waals surface area contributed by atoms with E-state index in [0.29, 0.717) is 5.56 Å². The van der Waals surface area contributed by atoms with Crippen LogP contribution in [0.2, 0.25) is 0 Å². The summed E-state index contributed by atoms with van der Waals surface area (Å²) in [6, 6.07) is 7.54. The molecule has 0 bridgehead atoms. The lowest BCUT2D eigenvalue weighted by Gasteiger charge is -2.06. The molecule has 1 aromatic carbocycles. The van der Waals surface area contributed by atoms with Crippen molar-refractivity contribution in [3.8, 4) is 0 Å². The number of halogens is 1. The summed E-state index contributed by atoms with van der Waals surface area (Å²) in [5.41, 5.74) is 1.55. The Hall–Kier alpha value is -0.780. The summed E-state index contributed by atoms with van der Waals surface area (Å²) < 4.78 is 22.0. The van der Waals surface area contributed by atoms with Gasteiger partial charge < -0.3 is 4.55 Å². The third-order valence-corrected chi connectivity index (χ3v) is 3.21. The highest BCUT2D eigenvalue weighted by Crippen LogP contribution is 2.22. The van der Waals surface area contributed by atoms with Gasteiger partial charge in [0.2, 0.25) is 0 Å². The second-order valence-corrected chi connectivity index (χ2v) is 4.85. The molecule has 0 aliphatic heterocycles. The number of benzene rings is 1. The summed E-state index contributed by atoms with van der Waals surface area (Å²) in [6.45, 7) is 0. The molecule has 15 heavy (non-hydrogen) atoms. The highest BCUT2D eigenvalue weighted by atomic mass is 79.9. The zero-order valence-corrected chi connectivity index (χ0v) is 10.0. The summed E-state index contributed by atoms with van der Waals surface area (Å²) >= 11 is 1.32. The lowest BCUT2D eigenvalue weighted by molar-refractivity contribution is 0.536. The van der Waals surface area contributed by atoms with Crippen LogP contribution in [0.5, 0.6) is 0 Å². The largest absolute Gasteiger partial charge is 0.772 e. The average Bonchev–Trinajstić information content (AvgIpc) is 2.17. The van der Waals surface area contributed by atoms with Gasteiger partial charge in [-0.05, 0) is 33.6 Å². The Balaban J connectivity index is 2.52. The van der Waals surface area contributed by atoms with E-state index in [2.05, 4.69) is 20.9 Å².